The Morgan fingerprint density at radius 2 is 0.985 bits per heavy atom. The van der Waals surface area contributed by atoms with Crippen LogP contribution in [0, 0.1) is 0 Å². The van der Waals surface area contributed by atoms with Gasteiger partial charge in [-0.1, -0.05) is 175 Å². The minimum absolute atomic E-state index is 0.00139. The van der Waals surface area contributed by atoms with Crippen LogP contribution in [0.5, 0.6) is 0 Å². The maximum Gasteiger partial charge on any atom is 0.252 e. The SMILES string of the molecule is CC(C)(C)c1ccc(N2c3ccc(C(C)(C)C)cc3B3c4cc(C(C)(C)C)cc5c4N(c4cc(N6c7ccc(-c8ccccc8)cc7C7(C)CCCCC67C)cc2c43)C2(C)CCCCC52C)cc1. The van der Waals surface area contributed by atoms with E-state index in [4.69, 9.17) is 0 Å². The molecule has 3 nitrogen and oxygen atoms in total. The van der Waals surface area contributed by atoms with Gasteiger partial charge in [-0.2, -0.15) is 0 Å². The van der Waals surface area contributed by atoms with Crippen molar-refractivity contribution in [1.82, 2.24) is 0 Å². The first-order valence-electron chi connectivity index (χ1n) is 26.3. The molecule has 12 rings (SSSR count). The Labute approximate surface area is 409 Å². The van der Waals surface area contributed by atoms with Crippen molar-refractivity contribution in [1.29, 1.82) is 0 Å². The first-order valence-corrected chi connectivity index (χ1v) is 26.3. The summed E-state index contributed by atoms with van der Waals surface area (Å²) in [5.74, 6) is 0. The molecule has 4 atom stereocenters. The summed E-state index contributed by atoms with van der Waals surface area (Å²) in [5.41, 5.74) is 23.7. The van der Waals surface area contributed by atoms with E-state index in [1.54, 1.807) is 5.56 Å². The molecule has 0 aromatic heterocycles. The van der Waals surface area contributed by atoms with Gasteiger partial charge in [0.15, 0.2) is 0 Å². The summed E-state index contributed by atoms with van der Waals surface area (Å²) in [7, 11) is 0. The molecule has 2 fully saturated rings. The van der Waals surface area contributed by atoms with Gasteiger partial charge in [0, 0.05) is 50.6 Å². The molecule has 0 bridgehead atoms. The fourth-order valence-electron chi connectivity index (χ4n) is 14.7. The first-order chi connectivity index (χ1) is 32.1. The van der Waals surface area contributed by atoms with Crippen LogP contribution in [0.15, 0.2) is 115 Å². The van der Waals surface area contributed by atoms with Crippen LogP contribution in [0.1, 0.15) is 169 Å². The molecule has 6 aromatic rings. The molecule has 0 spiro atoms. The number of benzene rings is 6. The molecular formula is C64H74BN3. The molecular weight excluding hydrogens is 822 g/mol. The third-order valence-corrected chi connectivity index (χ3v) is 19.2. The van der Waals surface area contributed by atoms with Crippen LogP contribution in [-0.4, -0.2) is 17.8 Å². The topological polar surface area (TPSA) is 9.72 Å². The van der Waals surface area contributed by atoms with Gasteiger partial charge in [0.1, 0.15) is 0 Å². The van der Waals surface area contributed by atoms with E-state index in [0.29, 0.717) is 0 Å². The number of nitrogens with zero attached hydrogens (tertiary/aromatic N) is 3. The average molecular weight is 896 g/mol. The molecule has 2 saturated carbocycles. The quantitative estimate of drug-likeness (QED) is 0.164. The second-order valence-corrected chi connectivity index (χ2v) is 26.1. The van der Waals surface area contributed by atoms with E-state index in [9.17, 15) is 0 Å². The lowest BCUT2D eigenvalue weighted by Gasteiger charge is -2.54. The molecule has 4 heterocycles. The summed E-state index contributed by atoms with van der Waals surface area (Å²) in [6.45, 7) is 32.0. The Bertz CT molecular complexity index is 3050. The Hall–Kier alpha value is -5.22. The summed E-state index contributed by atoms with van der Waals surface area (Å²) >= 11 is 0. The van der Waals surface area contributed by atoms with Crippen LogP contribution in [0.2, 0.25) is 0 Å². The van der Waals surface area contributed by atoms with Crippen molar-refractivity contribution >= 4 is 62.9 Å². The van der Waals surface area contributed by atoms with Crippen LogP contribution in [0.3, 0.4) is 0 Å². The van der Waals surface area contributed by atoms with Crippen molar-refractivity contribution in [2.75, 3.05) is 14.7 Å². The van der Waals surface area contributed by atoms with Gasteiger partial charge in [0.2, 0.25) is 0 Å². The van der Waals surface area contributed by atoms with Gasteiger partial charge in [-0.15, -0.1) is 0 Å². The van der Waals surface area contributed by atoms with E-state index < -0.39 is 0 Å². The van der Waals surface area contributed by atoms with Crippen LogP contribution >= 0.6 is 0 Å². The number of rotatable bonds is 3. The fourth-order valence-corrected chi connectivity index (χ4v) is 14.7. The van der Waals surface area contributed by atoms with Gasteiger partial charge in [-0.3, -0.25) is 0 Å². The van der Waals surface area contributed by atoms with Gasteiger partial charge < -0.3 is 14.7 Å². The van der Waals surface area contributed by atoms with Crippen LogP contribution in [-0.2, 0) is 27.1 Å². The number of anilines is 7. The average Bonchev–Trinajstić information content (AvgIpc) is 3.64. The fraction of sp³-hybridized carbons (Fsp3) is 0.438. The van der Waals surface area contributed by atoms with Crippen LogP contribution < -0.4 is 31.1 Å². The monoisotopic (exact) mass is 896 g/mol. The molecule has 4 heteroatoms. The second kappa shape index (κ2) is 14.2. The largest absolute Gasteiger partial charge is 0.335 e. The van der Waals surface area contributed by atoms with Gasteiger partial charge in [0.25, 0.3) is 6.71 Å². The molecule has 2 aliphatic carbocycles. The molecule has 348 valence electrons. The normalized spacial score (nSPS) is 25.7. The molecule has 6 aromatic carbocycles. The van der Waals surface area contributed by atoms with Crippen molar-refractivity contribution in [3.05, 3.63) is 143 Å². The highest BCUT2D eigenvalue weighted by atomic mass is 15.3. The number of hydrogen-bond acceptors (Lipinski definition) is 3. The zero-order valence-electron chi connectivity index (χ0n) is 43.5. The first kappa shape index (κ1) is 44.0. The highest BCUT2D eigenvalue weighted by Gasteiger charge is 2.63. The van der Waals surface area contributed by atoms with Gasteiger partial charge >= 0.3 is 0 Å². The van der Waals surface area contributed by atoms with Crippen LogP contribution in [0.4, 0.5) is 39.8 Å². The van der Waals surface area contributed by atoms with E-state index >= 15 is 0 Å². The Kier molecular flexibility index (Phi) is 9.19. The molecule has 6 aliphatic rings. The molecule has 0 amide bonds. The molecule has 4 aliphatic heterocycles. The van der Waals surface area contributed by atoms with Gasteiger partial charge in [-0.05, 0) is 154 Å². The Morgan fingerprint density at radius 1 is 0.426 bits per heavy atom. The van der Waals surface area contributed by atoms with Crippen molar-refractivity contribution in [3.63, 3.8) is 0 Å². The summed E-state index contributed by atoms with van der Waals surface area (Å²) in [6.07, 6.45) is 9.78. The van der Waals surface area contributed by atoms with E-state index in [0.717, 1.165) is 6.42 Å². The maximum atomic E-state index is 2.96. The lowest BCUT2D eigenvalue weighted by molar-refractivity contribution is 0.194. The predicted octanol–water partition coefficient (Wildman–Crippen LogP) is 15.3. The summed E-state index contributed by atoms with van der Waals surface area (Å²) < 4.78 is 0. The molecule has 0 radical (unpaired) electrons. The van der Waals surface area contributed by atoms with E-state index in [-0.39, 0.29) is 44.9 Å². The van der Waals surface area contributed by atoms with E-state index in [1.807, 2.05) is 0 Å². The van der Waals surface area contributed by atoms with Crippen molar-refractivity contribution < 1.29 is 0 Å². The zero-order chi connectivity index (χ0) is 47.7. The van der Waals surface area contributed by atoms with Crippen molar-refractivity contribution in [3.8, 4) is 11.1 Å². The number of fused-ring (bicyclic) bond motifs is 10. The maximum absolute atomic E-state index is 2.96. The van der Waals surface area contributed by atoms with E-state index in [2.05, 4.69) is 220 Å². The third kappa shape index (κ3) is 5.85. The lowest BCUT2D eigenvalue weighted by atomic mass is 9.33. The molecule has 0 saturated heterocycles. The highest BCUT2D eigenvalue weighted by Crippen LogP contribution is 2.65. The van der Waals surface area contributed by atoms with Crippen molar-refractivity contribution in [2.45, 2.75) is 180 Å². The smallest absolute Gasteiger partial charge is 0.252 e. The summed E-state index contributed by atoms with van der Waals surface area (Å²) in [4.78, 5) is 8.50. The second-order valence-electron chi connectivity index (χ2n) is 26.1. The van der Waals surface area contributed by atoms with Crippen molar-refractivity contribution in [2.24, 2.45) is 0 Å². The summed E-state index contributed by atoms with van der Waals surface area (Å²) in [6, 6.07) is 46.4. The molecule has 4 unspecified atom stereocenters. The van der Waals surface area contributed by atoms with Gasteiger partial charge in [0.05, 0.1) is 11.1 Å². The minimum Gasteiger partial charge on any atom is -0.335 e. The zero-order valence-corrected chi connectivity index (χ0v) is 43.5. The third-order valence-electron chi connectivity index (χ3n) is 19.2. The van der Waals surface area contributed by atoms with Gasteiger partial charge in [-0.25, -0.2) is 0 Å². The summed E-state index contributed by atoms with van der Waals surface area (Å²) in [5, 5.41) is 0. The highest BCUT2D eigenvalue weighted by molar-refractivity contribution is 7.00. The van der Waals surface area contributed by atoms with Crippen LogP contribution in [0.25, 0.3) is 11.1 Å². The van der Waals surface area contributed by atoms with E-state index in [1.165, 1.54) is 135 Å². The Morgan fingerprint density at radius 3 is 1.63 bits per heavy atom. The molecule has 68 heavy (non-hydrogen) atoms. The predicted molar refractivity (Wildman–Crippen MR) is 293 cm³/mol. The molecule has 0 N–H and O–H groups in total. The minimum atomic E-state index is -0.107. The lowest BCUT2D eigenvalue weighted by Crippen LogP contribution is -2.64. The standard InChI is InChI=1S/C64H74BN3/c1-58(2,3)43-24-27-46(28-25-43)66-53-30-26-44(59(4,5)6)37-50(53)65-51-38-45(60(7,8)9)36-49-57(51)68(64(13)34-20-18-32-62(49,64)11)55-40-47(39-54(66)56(55)65)67-52-29-23-42(41-21-15-14-16-22-41)35-48(52)61(10)31-17-19-33-63(61,67)12/h14-16,21-30,35-40H,17-20,31-34H2,1-13H3. The Balaban J connectivity index is 1.20. The number of hydrogen-bond donors (Lipinski definition) is 0.